The zero-order valence-electron chi connectivity index (χ0n) is 22.9. The zero-order chi connectivity index (χ0) is 28.4. The number of Topliss-reactive ketones (excluding diaryl/α,β-unsaturated/α-hetero) is 1. The molecular formula is C32H39F2NO4. The standard InChI is InChI=1S/C29H31F2NO3.C3H8O/c1-21(33)22-3-13-28(14-4-22)35-20-2-17-32-18-15-25(16-19-32)29(34,23-5-9-26(30)10-6-23)24-7-11-27(31)12-8-24;1-3(2)4/h3-14,25,34H,2,15-20H2,1H3;3-4H,1-2H3. The monoisotopic (exact) mass is 539 g/mol. The lowest BCUT2D eigenvalue weighted by Gasteiger charge is -2.42. The summed E-state index contributed by atoms with van der Waals surface area (Å²) in [5.41, 5.74) is 0.588. The Hall–Kier alpha value is -3.13. The van der Waals surface area contributed by atoms with Gasteiger partial charge in [0.05, 0.1) is 6.61 Å². The van der Waals surface area contributed by atoms with E-state index in [-0.39, 0.29) is 29.4 Å². The van der Waals surface area contributed by atoms with Crippen LogP contribution in [0.5, 0.6) is 5.75 Å². The van der Waals surface area contributed by atoms with Crippen molar-refractivity contribution in [3.05, 3.63) is 101 Å². The van der Waals surface area contributed by atoms with Gasteiger partial charge in [-0.1, -0.05) is 24.3 Å². The number of ether oxygens (including phenoxy) is 1. The highest BCUT2D eigenvalue weighted by Gasteiger charge is 2.41. The molecule has 2 N–H and O–H groups in total. The molecule has 1 heterocycles. The molecule has 0 unspecified atom stereocenters. The quantitative estimate of drug-likeness (QED) is 0.259. The Morgan fingerprint density at radius 1 is 0.923 bits per heavy atom. The zero-order valence-corrected chi connectivity index (χ0v) is 22.9. The lowest BCUT2D eigenvalue weighted by molar-refractivity contribution is -0.0147. The van der Waals surface area contributed by atoms with E-state index in [2.05, 4.69) is 4.90 Å². The molecule has 0 radical (unpaired) electrons. The van der Waals surface area contributed by atoms with Gasteiger partial charge in [-0.3, -0.25) is 4.79 Å². The van der Waals surface area contributed by atoms with Crippen LogP contribution in [-0.4, -0.2) is 53.2 Å². The minimum Gasteiger partial charge on any atom is -0.494 e. The fourth-order valence-corrected chi connectivity index (χ4v) is 4.88. The van der Waals surface area contributed by atoms with Crippen molar-refractivity contribution in [2.45, 2.75) is 51.7 Å². The second-order valence-corrected chi connectivity index (χ2v) is 10.3. The average molecular weight is 540 g/mol. The molecule has 1 aliphatic heterocycles. The first kappa shape index (κ1) is 30.4. The van der Waals surface area contributed by atoms with Gasteiger partial charge in [-0.25, -0.2) is 8.78 Å². The van der Waals surface area contributed by atoms with Crippen LogP contribution in [0.4, 0.5) is 8.78 Å². The Morgan fingerprint density at radius 2 is 1.38 bits per heavy atom. The Bertz CT molecular complexity index is 1110. The van der Waals surface area contributed by atoms with Gasteiger partial charge >= 0.3 is 0 Å². The first-order chi connectivity index (χ1) is 18.6. The van der Waals surface area contributed by atoms with Crippen LogP contribution >= 0.6 is 0 Å². The van der Waals surface area contributed by atoms with Gasteiger partial charge in [-0.05, 0) is 119 Å². The summed E-state index contributed by atoms with van der Waals surface area (Å²) in [7, 11) is 0. The molecule has 0 spiro atoms. The van der Waals surface area contributed by atoms with E-state index in [1.165, 1.54) is 24.3 Å². The summed E-state index contributed by atoms with van der Waals surface area (Å²) in [6.07, 6.45) is 2.22. The van der Waals surface area contributed by atoms with Gasteiger partial charge in [0.1, 0.15) is 23.0 Å². The fraction of sp³-hybridized carbons (Fsp3) is 0.406. The molecule has 0 aliphatic carbocycles. The highest BCUT2D eigenvalue weighted by Crippen LogP contribution is 2.42. The topological polar surface area (TPSA) is 70.0 Å². The normalized spacial score (nSPS) is 14.6. The number of carbonyl (C=O) groups excluding carboxylic acids is 1. The Kier molecular flexibility index (Phi) is 11.2. The van der Waals surface area contributed by atoms with E-state index in [1.807, 2.05) is 12.1 Å². The van der Waals surface area contributed by atoms with E-state index >= 15 is 0 Å². The second kappa shape index (κ2) is 14.3. The third kappa shape index (κ3) is 8.68. The van der Waals surface area contributed by atoms with E-state index in [1.54, 1.807) is 57.2 Å². The van der Waals surface area contributed by atoms with Crippen molar-refractivity contribution in [3.63, 3.8) is 0 Å². The maximum atomic E-state index is 13.6. The number of ketones is 1. The summed E-state index contributed by atoms with van der Waals surface area (Å²) >= 11 is 0. The number of halogens is 2. The molecule has 7 heteroatoms. The van der Waals surface area contributed by atoms with Gasteiger partial charge in [0, 0.05) is 18.2 Å². The molecule has 210 valence electrons. The minimum atomic E-state index is -1.32. The van der Waals surface area contributed by atoms with Crippen LogP contribution in [0.2, 0.25) is 0 Å². The Labute approximate surface area is 230 Å². The van der Waals surface area contributed by atoms with Gasteiger partial charge in [0.25, 0.3) is 0 Å². The number of hydrogen-bond donors (Lipinski definition) is 2. The van der Waals surface area contributed by atoms with Crippen LogP contribution in [0.1, 0.15) is 61.5 Å². The van der Waals surface area contributed by atoms with E-state index in [4.69, 9.17) is 9.84 Å². The molecule has 4 rings (SSSR count). The van der Waals surface area contributed by atoms with Crippen molar-refractivity contribution in [1.82, 2.24) is 4.90 Å². The van der Waals surface area contributed by atoms with E-state index < -0.39 is 5.60 Å². The largest absolute Gasteiger partial charge is 0.494 e. The van der Waals surface area contributed by atoms with Crippen molar-refractivity contribution in [2.75, 3.05) is 26.2 Å². The van der Waals surface area contributed by atoms with Gasteiger partial charge in [-0.2, -0.15) is 0 Å². The number of hydrogen-bond acceptors (Lipinski definition) is 5. The summed E-state index contributed by atoms with van der Waals surface area (Å²) < 4.78 is 32.9. The van der Waals surface area contributed by atoms with Crippen molar-refractivity contribution in [3.8, 4) is 5.75 Å². The highest BCUT2D eigenvalue weighted by atomic mass is 19.1. The first-order valence-electron chi connectivity index (χ1n) is 13.5. The van der Waals surface area contributed by atoms with Crippen LogP contribution in [0.15, 0.2) is 72.8 Å². The average Bonchev–Trinajstić information content (AvgIpc) is 2.92. The molecule has 39 heavy (non-hydrogen) atoms. The van der Waals surface area contributed by atoms with Crippen LogP contribution in [0.3, 0.4) is 0 Å². The number of aliphatic hydroxyl groups excluding tert-OH is 1. The number of piperidine rings is 1. The molecule has 0 aromatic heterocycles. The second-order valence-electron chi connectivity index (χ2n) is 10.3. The first-order valence-corrected chi connectivity index (χ1v) is 13.5. The van der Waals surface area contributed by atoms with Crippen molar-refractivity contribution < 1.29 is 28.5 Å². The summed E-state index contributed by atoms with van der Waals surface area (Å²) in [4.78, 5) is 13.7. The lowest BCUT2D eigenvalue weighted by Crippen LogP contribution is -2.44. The van der Waals surface area contributed by atoms with Gasteiger partial charge in [0.2, 0.25) is 0 Å². The molecule has 1 saturated heterocycles. The summed E-state index contributed by atoms with van der Waals surface area (Å²) in [5.74, 6) is -0.0159. The number of carbonyl (C=O) groups is 1. The molecule has 1 aliphatic rings. The summed E-state index contributed by atoms with van der Waals surface area (Å²) in [5, 5.41) is 20.0. The molecule has 3 aromatic rings. The maximum Gasteiger partial charge on any atom is 0.159 e. The fourth-order valence-electron chi connectivity index (χ4n) is 4.88. The number of likely N-dealkylation sites (tertiary alicyclic amines) is 1. The molecule has 0 atom stereocenters. The smallest absolute Gasteiger partial charge is 0.159 e. The Balaban J connectivity index is 0.000000983. The molecule has 0 saturated carbocycles. The van der Waals surface area contributed by atoms with E-state index in [0.717, 1.165) is 44.6 Å². The number of aliphatic hydroxyl groups is 2. The summed E-state index contributed by atoms with van der Waals surface area (Å²) in [6.45, 7) is 8.09. The third-order valence-corrected chi connectivity index (χ3v) is 6.90. The Morgan fingerprint density at radius 3 is 1.82 bits per heavy atom. The lowest BCUT2D eigenvalue weighted by atomic mass is 9.72. The van der Waals surface area contributed by atoms with Crippen LogP contribution < -0.4 is 4.74 Å². The van der Waals surface area contributed by atoms with Gasteiger partial charge in [-0.15, -0.1) is 0 Å². The highest BCUT2D eigenvalue weighted by molar-refractivity contribution is 5.94. The molecule has 1 fully saturated rings. The molecule has 0 amide bonds. The van der Waals surface area contributed by atoms with E-state index in [0.29, 0.717) is 23.3 Å². The number of nitrogens with zero attached hydrogens (tertiary/aromatic N) is 1. The predicted molar refractivity (Wildman–Crippen MR) is 149 cm³/mol. The minimum absolute atomic E-state index is 0.0331. The van der Waals surface area contributed by atoms with Crippen LogP contribution in [-0.2, 0) is 5.60 Å². The number of rotatable bonds is 9. The number of benzene rings is 3. The maximum absolute atomic E-state index is 13.6. The van der Waals surface area contributed by atoms with Gasteiger partial charge in [0.15, 0.2) is 5.78 Å². The van der Waals surface area contributed by atoms with Crippen LogP contribution in [0, 0.1) is 17.6 Å². The van der Waals surface area contributed by atoms with Crippen LogP contribution in [0.25, 0.3) is 0 Å². The molecular weight excluding hydrogens is 500 g/mol. The van der Waals surface area contributed by atoms with E-state index in [9.17, 15) is 18.7 Å². The molecule has 3 aromatic carbocycles. The third-order valence-electron chi connectivity index (χ3n) is 6.90. The van der Waals surface area contributed by atoms with Crippen molar-refractivity contribution >= 4 is 5.78 Å². The SMILES string of the molecule is CC(=O)c1ccc(OCCCN2CCC(C(O)(c3ccc(F)cc3)c3ccc(F)cc3)CC2)cc1.CC(C)O. The van der Waals surface area contributed by atoms with Crippen molar-refractivity contribution in [2.24, 2.45) is 5.92 Å². The van der Waals surface area contributed by atoms with Gasteiger partial charge < -0.3 is 19.8 Å². The summed E-state index contributed by atoms with van der Waals surface area (Å²) in [6, 6.07) is 19.0. The van der Waals surface area contributed by atoms with Crippen molar-refractivity contribution in [1.29, 1.82) is 0 Å². The predicted octanol–water partition coefficient (Wildman–Crippen LogP) is 5.97. The molecule has 5 nitrogen and oxygen atoms in total. The molecule has 0 bridgehead atoms.